The molecule has 0 aromatic heterocycles. The molecule has 23 heavy (non-hydrogen) atoms. The molecule has 1 aromatic rings. The van der Waals surface area contributed by atoms with Crippen LogP contribution >= 0.6 is 0 Å². The number of carbonyl (C=O) groups is 2. The fourth-order valence-electron chi connectivity index (χ4n) is 3.14. The Bertz CT molecular complexity index is 534. The maximum absolute atomic E-state index is 12.5. The van der Waals surface area contributed by atoms with Crippen LogP contribution in [0, 0.1) is 5.41 Å². The Balaban J connectivity index is 1.94. The molecule has 0 atom stereocenters. The van der Waals surface area contributed by atoms with Gasteiger partial charge < -0.3 is 15.7 Å². The molecule has 0 bridgehead atoms. The van der Waals surface area contributed by atoms with Crippen LogP contribution in [0.2, 0.25) is 0 Å². The summed E-state index contributed by atoms with van der Waals surface area (Å²) in [5.41, 5.74) is 1.05. The van der Waals surface area contributed by atoms with E-state index in [4.69, 9.17) is 5.11 Å². The maximum Gasteiger partial charge on any atom is 0.251 e. The Morgan fingerprint density at radius 1 is 1.17 bits per heavy atom. The van der Waals surface area contributed by atoms with Crippen molar-refractivity contribution >= 4 is 17.5 Å². The smallest absolute Gasteiger partial charge is 0.251 e. The van der Waals surface area contributed by atoms with E-state index in [0.29, 0.717) is 18.5 Å². The second kappa shape index (κ2) is 8.11. The molecule has 5 heteroatoms. The van der Waals surface area contributed by atoms with Gasteiger partial charge in [0, 0.05) is 29.8 Å². The Hall–Kier alpha value is -1.88. The first-order chi connectivity index (χ1) is 11.1. The summed E-state index contributed by atoms with van der Waals surface area (Å²) in [6.45, 7) is 2.59. The lowest BCUT2D eigenvalue weighted by molar-refractivity contribution is -0.125. The second-order valence-corrected chi connectivity index (χ2v) is 6.21. The molecule has 1 saturated carbocycles. The molecule has 5 nitrogen and oxygen atoms in total. The van der Waals surface area contributed by atoms with Crippen molar-refractivity contribution in [3.05, 3.63) is 29.8 Å². The van der Waals surface area contributed by atoms with Gasteiger partial charge in [0.05, 0.1) is 0 Å². The molecule has 1 aromatic carbocycles. The highest BCUT2D eigenvalue weighted by Crippen LogP contribution is 2.41. The van der Waals surface area contributed by atoms with E-state index < -0.39 is 0 Å². The zero-order valence-electron chi connectivity index (χ0n) is 13.7. The summed E-state index contributed by atoms with van der Waals surface area (Å²) in [5, 5.41) is 14.4. The van der Waals surface area contributed by atoms with Gasteiger partial charge in [-0.3, -0.25) is 9.59 Å². The van der Waals surface area contributed by atoms with Gasteiger partial charge in [0.1, 0.15) is 0 Å². The summed E-state index contributed by atoms with van der Waals surface area (Å²) < 4.78 is 0. The molecule has 0 unspecified atom stereocenters. The first kappa shape index (κ1) is 17.5. The zero-order chi connectivity index (χ0) is 16.7. The lowest BCUT2D eigenvalue weighted by Gasteiger charge is -2.26. The molecular weight excluding hydrogens is 292 g/mol. The van der Waals surface area contributed by atoms with Crippen LogP contribution in [-0.4, -0.2) is 30.1 Å². The SMILES string of the molecule is CCC1(C(=O)Nc2ccc(C(=O)NCCCO)cc2)CCCC1. The van der Waals surface area contributed by atoms with Crippen molar-refractivity contribution in [3.63, 3.8) is 0 Å². The number of hydrogen-bond acceptors (Lipinski definition) is 3. The lowest BCUT2D eigenvalue weighted by atomic mass is 9.82. The summed E-state index contributed by atoms with van der Waals surface area (Å²) in [7, 11) is 0. The van der Waals surface area contributed by atoms with Gasteiger partial charge in [-0.2, -0.15) is 0 Å². The highest BCUT2D eigenvalue weighted by molar-refractivity contribution is 5.97. The Kier molecular flexibility index (Phi) is 6.16. The number of aliphatic hydroxyl groups is 1. The third-order valence-corrected chi connectivity index (χ3v) is 4.74. The third kappa shape index (κ3) is 4.32. The number of anilines is 1. The third-order valence-electron chi connectivity index (χ3n) is 4.74. The van der Waals surface area contributed by atoms with Crippen molar-refractivity contribution in [2.75, 3.05) is 18.5 Å². The fourth-order valence-corrected chi connectivity index (χ4v) is 3.14. The number of aliphatic hydroxyl groups excluding tert-OH is 1. The lowest BCUT2D eigenvalue weighted by Crippen LogP contribution is -2.33. The average molecular weight is 318 g/mol. The van der Waals surface area contributed by atoms with E-state index in [-0.39, 0.29) is 23.8 Å². The van der Waals surface area contributed by atoms with Crippen molar-refractivity contribution in [2.24, 2.45) is 5.41 Å². The van der Waals surface area contributed by atoms with E-state index in [1.54, 1.807) is 24.3 Å². The van der Waals surface area contributed by atoms with Crippen LogP contribution in [0.25, 0.3) is 0 Å². The Morgan fingerprint density at radius 3 is 2.39 bits per heavy atom. The summed E-state index contributed by atoms with van der Waals surface area (Å²) in [5.74, 6) is -0.0743. The molecule has 0 saturated heterocycles. The Morgan fingerprint density at radius 2 is 1.83 bits per heavy atom. The van der Waals surface area contributed by atoms with Crippen molar-refractivity contribution in [2.45, 2.75) is 45.4 Å². The molecule has 0 heterocycles. The minimum atomic E-state index is -0.222. The van der Waals surface area contributed by atoms with Crippen molar-refractivity contribution in [1.29, 1.82) is 0 Å². The minimum Gasteiger partial charge on any atom is -0.396 e. The molecule has 126 valence electrons. The molecule has 2 amide bonds. The van der Waals surface area contributed by atoms with E-state index in [9.17, 15) is 9.59 Å². The van der Waals surface area contributed by atoms with Gasteiger partial charge in [-0.25, -0.2) is 0 Å². The topological polar surface area (TPSA) is 78.4 Å². The number of amides is 2. The van der Waals surface area contributed by atoms with E-state index in [0.717, 1.165) is 37.8 Å². The molecule has 2 rings (SSSR count). The van der Waals surface area contributed by atoms with Crippen LogP contribution < -0.4 is 10.6 Å². The minimum absolute atomic E-state index is 0.0599. The molecule has 1 aliphatic rings. The normalized spacial score (nSPS) is 16.1. The summed E-state index contributed by atoms with van der Waals surface area (Å²) in [4.78, 5) is 24.4. The summed E-state index contributed by atoms with van der Waals surface area (Å²) >= 11 is 0. The highest BCUT2D eigenvalue weighted by Gasteiger charge is 2.39. The van der Waals surface area contributed by atoms with Crippen molar-refractivity contribution in [1.82, 2.24) is 5.32 Å². The molecule has 0 spiro atoms. The van der Waals surface area contributed by atoms with Crippen LogP contribution in [0.3, 0.4) is 0 Å². The first-order valence-corrected chi connectivity index (χ1v) is 8.42. The van der Waals surface area contributed by atoms with Gasteiger partial charge in [0.2, 0.25) is 5.91 Å². The monoisotopic (exact) mass is 318 g/mol. The molecule has 3 N–H and O–H groups in total. The standard InChI is InChI=1S/C18H26N2O3/c1-2-18(10-3-4-11-18)17(23)20-15-8-6-14(7-9-15)16(22)19-12-5-13-21/h6-9,21H,2-5,10-13H2,1H3,(H,19,22)(H,20,23). The largest absolute Gasteiger partial charge is 0.396 e. The molecule has 0 radical (unpaired) electrons. The predicted octanol–water partition coefficient (Wildman–Crippen LogP) is 2.71. The Labute approximate surface area is 137 Å². The fraction of sp³-hybridized carbons (Fsp3) is 0.556. The molecule has 0 aliphatic heterocycles. The maximum atomic E-state index is 12.5. The quantitative estimate of drug-likeness (QED) is 0.676. The second-order valence-electron chi connectivity index (χ2n) is 6.21. The van der Waals surface area contributed by atoms with Crippen LogP contribution in [0.4, 0.5) is 5.69 Å². The zero-order valence-corrected chi connectivity index (χ0v) is 13.7. The first-order valence-electron chi connectivity index (χ1n) is 8.42. The number of carbonyl (C=O) groups excluding carboxylic acids is 2. The van der Waals surface area contributed by atoms with Gasteiger partial charge in [-0.15, -0.1) is 0 Å². The van der Waals surface area contributed by atoms with E-state index in [1.807, 2.05) is 0 Å². The van der Waals surface area contributed by atoms with Crippen molar-refractivity contribution < 1.29 is 14.7 Å². The van der Waals surface area contributed by atoms with Crippen molar-refractivity contribution in [3.8, 4) is 0 Å². The number of nitrogens with one attached hydrogen (secondary N) is 2. The van der Waals surface area contributed by atoms with E-state index >= 15 is 0 Å². The summed E-state index contributed by atoms with van der Waals surface area (Å²) in [6, 6.07) is 6.93. The summed E-state index contributed by atoms with van der Waals surface area (Å²) in [6.07, 6.45) is 5.56. The van der Waals surface area contributed by atoms with Crippen LogP contribution in [0.15, 0.2) is 24.3 Å². The van der Waals surface area contributed by atoms with Gasteiger partial charge in [-0.1, -0.05) is 19.8 Å². The van der Waals surface area contributed by atoms with E-state index in [2.05, 4.69) is 17.6 Å². The van der Waals surface area contributed by atoms with Gasteiger partial charge in [0.15, 0.2) is 0 Å². The van der Waals surface area contributed by atoms with Gasteiger partial charge in [-0.05, 0) is 49.9 Å². The molecule has 1 aliphatic carbocycles. The van der Waals surface area contributed by atoms with E-state index in [1.165, 1.54) is 0 Å². The van der Waals surface area contributed by atoms with Crippen LogP contribution in [0.1, 0.15) is 55.8 Å². The highest BCUT2D eigenvalue weighted by atomic mass is 16.3. The number of rotatable bonds is 7. The molecule has 1 fully saturated rings. The van der Waals surface area contributed by atoms with Crippen LogP contribution in [0.5, 0.6) is 0 Å². The van der Waals surface area contributed by atoms with Crippen LogP contribution in [-0.2, 0) is 4.79 Å². The molecular formula is C18H26N2O3. The number of hydrogen-bond donors (Lipinski definition) is 3. The van der Waals surface area contributed by atoms with Gasteiger partial charge in [0.25, 0.3) is 5.91 Å². The predicted molar refractivity (Wildman–Crippen MR) is 90.3 cm³/mol. The average Bonchev–Trinajstić information content (AvgIpc) is 3.06. The van der Waals surface area contributed by atoms with Gasteiger partial charge >= 0.3 is 0 Å². The number of benzene rings is 1.